The Bertz CT molecular complexity index is 703. The van der Waals surface area contributed by atoms with Crippen LogP contribution in [0.5, 0.6) is 5.88 Å². The summed E-state index contributed by atoms with van der Waals surface area (Å²) in [6.07, 6.45) is 1.26. The molecular weight excluding hydrogens is 314 g/mol. The third-order valence-electron chi connectivity index (χ3n) is 3.28. The zero-order valence-corrected chi connectivity index (χ0v) is 12.1. The van der Waals surface area contributed by atoms with Crippen molar-refractivity contribution in [3.05, 3.63) is 58.7 Å². The van der Waals surface area contributed by atoms with Gasteiger partial charge in [0, 0.05) is 18.3 Å². The quantitative estimate of drug-likeness (QED) is 0.872. The highest BCUT2D eigenvalue weighted by Gasteiger charge is 2.34. The number of benzene rings is 1. The molecular formula is C15H11ClF2N2O2. The highest BCUT2D eigenvalue weighted by molar-refractivity contribution is 6.30. The first-order valence-electron chi connectivity index (χ1n) is 6.55. The van der Waals surface area contributed by atoms with E-state index in [1.54, 1.807) is 12.1 Å². The van der Waals surface area contributed by atoms with Crippen LogP contribution in [0, 0.1) is 11.6 Å². The lowest BCUT2D eigenvalue weighted by molar-refractivity contribution is 0.0156. The van der Waals surface area contributed by atoms with Crippen molar-refractivity contribution in [3.8, 4) is 5.88 Å². The summed E-state index contributed by atoms with van der Waals surface area (Å²) >= 11 is 5.72. The standard InChI is InChI=1S/C15H11ClF2N2O2/c16-9-1-4-14(19-6-9)22-11-7-20(8-11)15(21)12-3-2-10(17)5-13(12)18/h1-6,11H,7-8H2. The number of ether oxygens (including phenoxy) is 1. The number of amides is 1. The van der Waals surface area contributed by atoms with E-state index in [1.807, 2.05) is 0 Å². The normalized spacial score (nSPS) is 14.6. The second-order valence-corrected chi connectivity index (χ2v) is 5.33. The second kappa shape index (κ2) is 5.88. The molecule has 1 fully saturated rings. The Kier molecular flexibility index (Phi) is 3.94. The molecule has 22 heavy (non-hydrogen) atoms. The first-order valence-corrected chi connectivity index (χ1v) is 6.93. The average molecular weight is 325 g/mol. The number of aromatic nitrogens is 1. The molecule has 2 aromatic rings. The molecule has 114 valence electrons. The summed E-state index contributed by atoms with van der Waals surface area (Å²) in [4.78, 5) is 17.5. The number of nitrogens with zero attached hydrogens (tertiary/aromatic N) is 2. The average Bonchev–Trinajstić information content (AvgIpc) is 2.43. The molecule has 1 saturated heterocycles. The number of carbonyl (C=O) groups is 1. The number of likely N-dealkylation sites (tertiary alicyclic amines) is 1. The van der Waals surface area contributed by atoms with Gasteiger partial charge in [0.25, 0.3) is 5.91 Å². The molecule has 0 aliphatic carbocycles. The molecule has 0 N–H and O–H groups in total. The molecule has 0 saturated carbocycles. The Morgan fingerprint density at radius 2 is 2.05 bits per heavy atom. The Balaban J connectivity index is 1.58. The van der Waals surface area contributed by atoms with Gasteiger partial charge in [-0.2, -0.15) is 0 Å². The Labute approximate surface area is 130 Å². The fourth-order valence-corrected chi connectivity index (χ4v) is 2.23. The highest BCUT2D eigenvalue weighted by Crippen LogP contribution is 2.21. The number of pyridine rings is 1. The third kappa shape index (κ3) is 3.01. The lowest BCUT2D eigenvalue weighted by atomic mass is 10.1. The Morgan fingerprint density at radius 3 is 2.68 bits per heavy atom. The van der Waals surface area contributed by atoms with Crippen LogP contribution in [0.2, 0.25) is 5.02 Å². The predicted octanol–water partition coefficient (Wildman–Crippen LogP) is 2.92. The van der Waals surface area contributed by atoms with E-state index in [0.717, 1.165) is 12.1 Å². The maximum absolute atomic E-state index is 13.6. The fourth-order valence-electron chi connectivity index (χ4n) is 2.11. The van der Waals surface area contributed by atoms with Crippen LogP contribution in [0.4, 0.5) is 8.78 Å². The van der Waals surface area contributed by atoms with Crippen molar-refractivity contribution in [1.29, 1.82) is 0 Å². The molecule has 1 aliphatic heterocycles. The largest absolute Gasteiger partial charge is 0.471 e. The van der Waals surface area contributed by atoms with Gasteiger partial charge in [0.1, 0.15) is 17.7 Å². The van der Waals surface area contributed by atoms with E-state index in [0.29, 0.717) is 30.1 Å². The van der Waals surface area contributed by atoms with Gasteiger partial charge >= 0.3 is 0 Å². The van der Waals surface area contributed by atoms with Crippen LogP contribution in [0.25, 0.3) is 0 Å². The van der Waals surface area contributed by atoms with Gasteiger partial charge < -0.3 is 9.64 Å². The molecule has 1 amide bonds. The van der Waals surface area contributed by atoms with E-state index in [-0.39, 0.29) is 11.7 Å². The number of hydrogen-bond donors (Lipinski definition) is 0. The van der Waals surface area contributed by atoms with Crippen molar-refractivity contribution in [1.82, 2.24) is 9.88 Å². The third-order valence-corrected chi connectivity index (χ3v) is 3.51. The van der Waals surface area contributed by atoms with Crippen molar-refractivity contribution in [2.24, 2.45) is 0 Å². The summed E-state index contributed by atoms with van der Waals surface area (Å²) < 4.78 is 32.0. The molecule has 4 nitrogen and oxygen atoms in total. The molecule has 0 radical (unpaired) electrons. The molecule has 0 atom stereocenters. The first-order chi connectivity index (χ1) is 10.5. The van der Waals surface area contributed by atoms with E-state index in [2.05, 4.69) is 4.98 Å². The minimum atomic E-state index is -0.867. The van der Waals surface area contributed by atoms with E-state index in [4.69, 9.17) is 16.3 Å². The van der Waals surface area contributed by atoms with Crippen LogP contribution in [-0.2, 0) is 0 Å². The van der Waals surface area contributed by atoms with Gasteiger partial charge in [-0.1, -0.05) is 11.6 Å². The molecule has 0 unspecified atom stereocenters. The Morgan fingerprint density at radius 1 is 1.27 bits per heavy atom. The van der Waals surface area contributed by atoms with Crippen LogP contribution in [0.1, 0.15) is 10.4 Å². The minimum absolute atomic E-state index is 0.149. The van der Waals surface area contributed by atoms with Gasteiger partial charge in [0.05, 0.1) is 23.7 Å². The molecule has 0 spiro atoms. The lowest BCUT2D eigenvalue weighted by Gasteiger charge is -2.38. The van der Waals surface area contributed by atoms with Gasteiger partial charge in [-0.05, 0) is 18.2 Å². The zero-order chi connectivity index (χ0) is 15.7. The summed E-state index contributed by atoms with van der Waals surface area (Å²) in [6.45, 7) is 0.639. The second-order valence-electron chi connectivity index (χ2n) is 4.89. The molecule has 3 rings (SSSR count). The molecule has 2 heterocycles. The number of rotatable bonds is 3. The monoisotopic (exact) mass is 324 g/mol. The summed E-state index contributed by atoms with van der Waals surface area (Å²) in [5.74, 6) is -1.66. The van der Waals surface area contributed by atoms with Crippen LogP contribution < -0.4 is 4.74 Å². The van der Waals surface area contributed by atoms with Crippen LogP contribution >= 0.6 is 11.6 Å². The number of halogens is 3. The zero-order valence-electron chi connectivity index (χ0n) is 11.3. The molecule has 1 aromatic heterocycles. The van der Waals surface area contributed by atoms with Gasteiger partial charge in [-0.25, -0.2) is 13.8 Å². The predicted molar refractivity (Wildman–Crippen MR) is 75.9 cm³/mol. The Hall–Kier alpha value is -2.21. The summed E-state index contributed by atoms with van der Waals surface area (Å²) in [5, 5.41) is 0.504. The van der Waals surface area contributed by atoms with Crippen molar-refractivity contribution < 1.29 is 18.3 Å². The van der Waals surface area contributed by atoms with Gasteiger partial charge in [-0.3, -0.25) is 4.79 Å². The SMILES string of the molecule is O=C(c1ccc(F)cc1F)N1CC(Oc2ccc(Cl)cn2)C1. The van der Waals surface area contributed by atoms with E-state index < -0.39 is 17.5 Å². The van der Waals surface area contributed by atoms with Crippen molar-refractivity contribution in [2.45, 2.75) is 6.10 Å². The van der Waals surface area contributed by atoms with E-state index in [1.165, 1.54) is 11.1 Å². The minimum Gasteiger partial charge on any atom is -0.471 e. The summed E-state index contributed by atoms with van der Waals surface area (Å²) in [6, 6.07) is 6.17. The highest BCUT2D eigenvalue weighted by atomic mass is 35.5. The smallest absolute Gasteiger partial charge is 0.257 e. The molecule has 1 aromatic carbocycles. The van der Waals surface area contributed by atoms with Crippen LogP contribution in [0.3, 0.4) is 0 Å². The first kappa shape index (κ1) is 14.7. The summed E-state index contributed by atoms with van der Waals surface area (Å²) in [7, 11) is 0. The van der Waals surface area contributed by atoms with E-state index in [9.17, 15) is 13.6 Å². The van der Waals surface area contributed by atoms with Crippen LogP contribution in [-0.4, -0.2) is 35.0 Å². The summed E-state index contributed by atoms with van der Waals surface area (Å²) in [5.41, 5.74) is -0.149. The van der Waals surface area contributed by atoms with Crippen molar-refractivity contribution in [3.63, 3.8) is 0 Å². The number of carbonyl (C=O) groups excluding carboxylic acids is 1. The van der Waals surface area contributed by atoms with E-state index >= 15 is 0 Å². The van der Waals surface area contributed by atoms with Crippen LogP contribution in [0.15, 0.2) is 36.5 Å². The molecule has 7 heteroatoms. The maximum Gasteiger partial charge on any atom is 0.257 e. The fraction of sp³-hybridized carbons (Fsp3) is 0.200. The lowest BCUT2D eigenvalue weighted by Crippen LogP contribution is -2.56. The maximum atomic E-state index is 13.6. The molecule has 0 bridgehead atoms. The van der Waals surface area contributed by atoms with Crippen molar-refractivity contribution >= 4 is 17.5 Å². The van der Waals surface area contributed by atoms with Gasteiger partial charge in [0.2, 0.25) is 5.88 Å². The van der Waals surface area contributed by atoms with Gasteiger partial charge in [-0.15, -0.1) is 0 Å². The number of hydrogen-bond acceptors (Lipinski definition) is 3. The molecule has 1 aliphatic rings. The van der Waals surface area contributed by atoms with Gasteiger partial charge in [0.15, 0.2) is 0 Å². The van der Waals surface area contributed by atoms with Crippen molar-refractivity contribution in [2.75, 3.05) is 13.1 Å². The topological polar surface area (TPSA) is 42.4 Å².